The lowest BCUT2D eigenvalue weighted by atomic mass is 10.1. The molecule has 5 nitrogen and oxygen atoms in total. The number of hydrogen-bond acceptors (Lipinski definition) is 4. The third kappa shape index (κ3) is 5.77. The van der Waals surface area contributed by atoms with Gasteiger partial charge < -0.3 is 15.1 Å². The van der Waals surface area contributed by atoms with Crippen molar-refractivity contribution in [2.75, 3.05) is 39.8 Å². The fourth-order valence-corrected chi connectivity index (χ4v) is 3.22. The zero-order valence-electron chi connectivity index (χ0n) is 13.2. The van der Waals surface area contributed by atoms with Crippen LogP contribution in [0.3, 0.4) is 0 Å². The Labute approximate surface area is 136 Å². The van der Waals surface area contributed by atoms with Gasteiger partial charge in [0, 0.05) is 37.5 Å². The Morgan fingerprint density at radius 3 is 2.68 bits per heavy atom. The Hall–Kier alpha value is -1.40. The van der Waals surface area contributed by atoms with Crippen molar-refractivity contribution < 1.29 is 9.59 Å². The molecule has 1 fully saturated rings. The van der Waals surface area contributed by atoms with Crippen LogP contribution in [-0.2, 0) is 16.0 Å². The maximum absolute atomic E-state index is 12.0. The van der Waals surface area contributed by atoms with Gasteiger partial charge in [0.2, 0.25) is 11.8 Å². The van der Waals surface area contributed by atoms with E-state index in [9.17, 15) is 9.59 Å². The van der Waals surface area contributed by atoms with Gasteiger partial charge in [0.05, 0.1) is 6.54 Å². The number of nitrogens with one attached hydrogen (secondary N) is 1. The number of carbonyl (C=O) groups excluding carboxylic acids is 2. The predicted molar refractivity (Wildman–Crippen MR) is 89.0 cm³/mol. The molecule has 6 heteroatoms. The molecule has 0 unspecified atom stereocenters. The molecule has 1 aliphatic rings. The lowest BCUT2D eigenvalue weighted by Crippen LogP contribution is -2.50. The molecule has 1 aliphatic heterocycles. The number of nitrogens with zero attached hydrogens (tertiary/aromatic N) is 2. The Kier molecular flexibility index (Phi) is 6.86. The second-order valence-corrected chi connectivity index (χ2v) is 6.78. The van der Waals surface area contributed by atoms with Crippen molar-refractivity contribution in [3.63, 3.8) is 0 Å². The van der Waals surface area contributed by atoms with E-state index in [1.807, 2.05) is 4.90 Å². The van der Waals surface area contributed by atoms with Crippen molar-refractivity contribution in [1.82, 2.24) is 15.1 Å². The summed E-state index contributed by atoms with van der Waals surface area (Å²) in [6.45, 7) is 3.45. The highest BCUT2D eigenvalue weighted by Gasteiger charge is 2.18. The smallest absolute Gasteiger partial charge is 0.242 e. The number of amides is 2. The van der Waals surface area contributed by atoms with Gasteiger partial charge in [-0.25, -0.2) is 0 Å². The van der Waals surface area contributed by atoms with Crippen molar-refractivity contribution >= 4 is 23.2 Å². The second-order valence-electron chi connectivity index (χ2n) is 5.75. The van der Waals surface area contributed by atoms with Gasteiger partial charge in [0.15, 0.2) is 0 Å². The van der Waals surface area contributed by atoms with Gasteiger partial charge in [0.1, 0.15) is 0 Å². The normalized spacial score (nSPS) is 15.8. The molecule has 1 aromatic rings. The van der Waals surface area contributed by atoms with E-state index in [4.69, 9.17) is 0 Å². The van der Waals surface area contributed by atoms with Crippen molar-refractivity contribution in [2.24, 2.45) is 0 Å². The van der Waals surface area contributed by atoms with Crippen LogP contribution < -0.4 is 5.32 Å². The van der Waals surface area contributed by atoms with E-state index >= 15 is 0 Å². The van der Waals surface area contributed by atoms with Gasteiger partial charge in [-0.3, -0.25) is 9.59 Å². The minimum Gasteiger partial charge on any atom is -0.347 e. The van der Waals surface area contributed by atoms with Crippen LogP contribution in [0.5, 0.6) is 0 Å². The lowest BCUT2D eigenvalue weighted by Gasteiger charge is -2.32. The summed E-state index contributed by atoms with van der Waals surface area (Å²) in [5.41, 5.74) is 0. The average Bonchev–Trinajstić information content (AvgIpc) is 3.03. The highest BCUT2D eigenvalue weighted by atomic mass is 32.1. The standard InChI is InChI=1S/C16H25N3O2S/c1-18-8-10-19(11-9-18)16(21)13-17-15(20)7-3-2-5-14-6-4-12-22-14/h4,6,12H,2-3,5,7-11,13H2,1H3,(H,17,20). The van der Waals surface area contributed by atoms with Crippen LogP contribution in [0.2, 0.25) is 0 Å². The predicted octanol–water partition coefficient (Wildman–Crippen LogP) is 1.35. The fraction of sp³-hybridized carbons (Fsp3) is 0.625. The molecule has 2 amide bonds. The summed E-state index contributed by atoms with van der Waals surface area (Å²) >= 11 is 1.76. The van der Waals surface area contributed by atoms with Crippen LogP contribution in [0.15, 0.2) is 17.5 Å². The summed E-state index contributed by atoms with van der Waals surface area (Å²) < 4.78 is 0. The van der Waals surface area contributed by atoms with Crippen molar-refractivity contribution in [1.29, 1.82) is 0 Å². The molecule has 1 aromatic heterocycles. The summed E-state index contributed by atoms with van der Waals surface area (Å²) in [6, 6.07) is 4.18. The third-order valence-electron chi connectivity index (χ3n) is 3.95. The van der Waals surface area contributed by atoms with Gasteiger partial charge in [-0.1, -0.05) is 6.07 Å². The number of aryl methyl sites for hydroxylation is 1. The molecule has 0 saturated carbocycles. The van der Waals surface area contributed by atoms with Crippen LogP contribution in [0.4, 0.5) is 0 Å². The first-order chi connectivity index (χ1) is 10.6. The van der Waals surface area contributed by atoms with Crippen molar-refractivity contribution in [3.05, 3.63) is 22.4 Å². The molecule has 2 heterocycles. The molecule has 122 valence electrons. The molecule has 1 saturated heterocycles. The molecule has 22 heavy (non-hydrogen) atoms. The molecule has 0 atom stereocenters. The molecule has 1 N–H and O–H groups in total. The summed E-state index contributed by atoms with van der Waals surface area (Å²) in [5, 5.41) is 4.82. The topological polar surface area (TPSA) is 52.6 Å². The van der Waals surface area contributed by atoms with Crippen LogP contribution in [0.1, 0.15) is 24.1 Å². The largest absolute Gasteiger partial charge is 0.347 e. The molecule has 0 spiro atoms. The molecular formula is C16H25N3O2S. The minimum absolute atomic E-state index is 0.0198. The Morgan fingerprint density at radius 2 is 2.00 bits per heavy atom. The summed E-state index contributed by atoms with van der Waals surface area (Å²) in [6.07, 6.45) is 3.42. The van der Waals surface area contributed by atoms with E-state index in [-0.39, 0.29) is 18.4 Å². The van der Waals surface area contributed by atoms with Gasteiger partial charge in [-0.05, 0) is 37.8 Å². The number of likely N-dealkylation sites (N-methyl/N-ethyl adjacent to an activating group) is 1. The summed E-state index contributed by atoms with van der Waals surface area (Å²) in [7, 11) is 2.06. The molecule has 2 rings (SSSR count). The number of carbonyl (C=O) groups is 2. The number of hydrogen-bond donors (Lipinski definition) is 1. The van der Waals surface area contributed by atoms with Gasteiger partial charge in [0.25, 0.3) is 0 Å². The first-order valence-electron chi connectivity index (χ1n) is 7.90. The third-order valence-corrected chi connectivity index (χ3v) is 4.89. The number of rotatable bonds is 7. The van der Waals surface area contributed by atoms with Crippen molar-refractivity contribution in [3.8, 4) is 0 Å². The van der Waals surface area contributed by atoms with Gasteiger partial charge >= 0.3 is 0 Å². The number of thiophene rings is 1. The Morgan fingerprint density at radius 1 is 1.23 bits per heavy atom. The second kappa shape index (κ2) is 8.90. The van der Waals surface area contributed by atoms with E-state index in [1.54, 1.807) is 11.3 Å². The number of unbranched alkanes of at least 4 members (excludes halogenated alkanes) is 1. The van der Waals surface area contributed by atoms with E-state index in [0.717, 1.165) is 45.4 Å². The SMILES string of the molecule is CN1CCN(C(=O)CNC(=O)CCCCc2cccs2)CC1. The zero-order valence-corrected chi connectivity index (χ0v) is 14.0. The maximum atomic E-state index is 12.0. The van der Waals surface area contributed by atoms with E-state index in [2.05, 4.69) is 34.8 Å². The fourth-order valence-electron chi connectivity index (χ4n) is 2.47. The molecule has 0 radical (unpaired) electrons. The quantitative estimate of drug-likeness (QED) is 0.771. The highest BCUT2D eigenvalue weighted by molar-refractivity contribution is 7.09. The summed E-state index contributed by atoms with van der Waals surface area (Å²) in [5.74, 6) is 0.00805. The minimum atomic E-state index is -0.0198. The first kappa shape index (κ1) is 17.0. The Balaban J connectivity index is 1.54. The average molecular weight is 323 g/mol. The molecule has 0 aliphatic carbocycles. The van der Waals surface area contributed by atoms with E-state index in [0.29, 0.717) is 6.42 Å². The zero-order chi connectivity index (χ0) is 15.8. The van der Waals surface area contributed by atoms with Crippen LogP contribution in [0, 0.1) is 0 Å². The molecular weight excluding hydrogens is 298 g/mol. The highest BCUT2D eigenvalue weighted by Crippen LogP contribution is 2.12. The van der Waals surface area contributed by atoms with Gasteiger partial charge in [-0.15, -0.1) is 11.3 Å². The Bertz CT molecular complexity index is 468. The van der Waals surface area contributed by atoms with Crippen LogP contribution >= 0.6 is 11.3 Å². The number of piperazine rings is 1. The van der Waals surface area contributed by atoms with Crippen LogP contribution in [-0.4, -0.2) is 61.4 Å². The maximum Gasteiger partial charge on any atom is 0.242 e. The van der Waals surface area contributed by atoms with Crippen molar-refractivity contribution in [2.45, 2.75) is 25.7 Å². The molecule has 0 aromatic carbocycles. The van der Waals surface area contributed by atoms with E-state index in [1.165, 1.54) is 4.88 Å². The monoisotopic (exact) mass is 323 g/mol. The van der Waals surface area contributed by atoms with Gasteiger partial charge in [-0.2, -0.15) is 0 Å². The summed E-state index contributed by atoms with van der Waals surface area (Å²) in [4.78, 5) is 29.1. The molecule has 0 bridgehead atoms. The lowest BCUT2D eigenvalue weighted by molar-refractivity contribution is -0.134. The first-order valence-corrected chi connectivity index (χ1v) is 8.78. The van der Waals surface area contributed by atoms with E-state index < -0.39 is 0 Å². The van der Waals surface area contributed by atoms with Crippen LogP contribution in [0.25, 0.3) is 0 Å².